The van der Waals surface area contributed by atoms with Crippen molar-refractivity contribution in [3.05, 3.63) is 29.8 Å². The standard InChI is InChI=1S/C22H36N4O3/c1-6-23-20(25-15-17-8-7-13-29-19(17)22(2,3)4)24-14-16-9-11-18(12-10-16)26-21(27)28-5/h9-12,17,19H,6-8,13-15H2,1-5H3,(H,26,27)(H2,23,24,25). The van der Waals surface area contributed by atoms with Gasteiger partial charge in [-0.05, 0) is 42.9 Å². The number of guanidine groups is 1. The Morgan fingerprint density at radius 1 is 1.24 bits per heavy atom. The van der Waals surface area contributed by atoms with Crippen LogP contribution in [0.25, 0.3) is 0 Å². The van der Waals surface area contributed by atoms with Crippen molar-refractivity contribution in [2.75, 3.05) is 32.1 Å². The predicted molar refractivity (Wildman–Crippen MR) is 117 cm³/mol. The number of carbonyl (C=O) groups excluding carboxylic acids is 1. The second-order valence-electron chi connectivity index (χ2n) is 8.45. The Kier molecular flexibility index (Phi) is 8.76. The number of carbonyl (C=O) groups is 1. The van der Waals surface area contributed by atoms with Gasteiger partial charge in [0.25, 0.3) is 0 Å². The maximum atomic E-state index is 11.3. The van der Waals surface area contributed by atoms with Gasteiger partial charge in [-0.3, -0.25) is 5.32 Å². The summed E-state index contributed by atoms with van der Waals surface area (Å²) in [7, 11) is 1.34. The highest BCUT2D eigenvalue weighted by atomic mass is 16.5. The Hall–Kier alpha value is -2.28. The lowest BCUT2D eigenvalue weighted by molar-refractivity contribution is -0.0835. The maximum Gasteiger partial charge on any atom is 0.411 e. The molecule has 2 atom stereocenters. The van der Waals surface area contributed by atoms with E-state index in [9.17, 15) is 4.79 Å². The summed E-state index contributed by atoms with van der Waals surface area (Å²) < 4.78 is 10.7. The normalized spacial score (nSPS) is 20.1. The molecule has 1 fully saturated rings. The van der Waals surface area contributed by atoms with E-state index in [1.165, 1.54) is 13.5 Å². The second-order valence-corrected chi connectivity index (χ2v) is 8.45. The largest absolute Gasteiger partial charge is 0.453 e. The Balaban J connectivity index is 1.94. The number of aliphatic imine (C=N–C) groups is 1. The van der Waals surface area contributed by atoms with Crippen molar-refractivity contribution in [3.8, 4) is 0 Å². The molecule has 29 heavy (non-hydrogen) atoms. The fraction of sp³-hybridized carbons (Fsp3) is 0.636. The third-order valence-corrected chi connectivity index (χ3v) is 4.98. The van der Waals surface area contributed by atoms with Crippen LogP contribution in [0.15, 0.2) is 29.3 Å². The molecule has 1 aliphatic heterocycles. The predicted octanol–water partition coefficient (Wildman–Crippen LogP) is 3.76. The van der Waals surface area contributed by atoms with Gasteiger partial charge in [-0.25, -0.2) is 9.79 Å². The lowest BCUT2D eigenvalue weighted by atomic mass is 9.78. The van der Waals surface area contributed by atoms with E-state index >= 15 is 0 Å². The Bertz CT molecular complexity index is 668. The van der Waals surface area contributed by atoms with E-state index < -0.39 is 6.09 Å². The number of ether oxygens (including phenoxy) is 2. The van der Waals surface area contributed by atoms with Crippen LogP contribution in [0.3, 0.4) is 0 Å². The van der Waals surface area contributed by atoms with Crippen LogP contribution < -0.4 is 16.0 Å². The van der Waals surface area contributed by atoms with E-state index in [2.05, 4.69) is 48.4 Å². The molecule has 1 heterocycles. The van der Waals surface area contributed by atoms with E-state index in [-0.39, 0.29) is 11.5 Å². The summed E-state index contributed by atoms with van der Waals surface area (Å²) in [6.45, 7) is 11.8. The summed E-state index contributed by atoms with van der Waals surface area (Å²) in [5, 5.41) is 9.45. The van der Waals surface area contributed by atoms with Gasteiger partial charge in [0.2, 0.25) is 0 Å². The van der Waals surface area contributed by atoms with Crippen LogP contribution in [0.1, 0.15) is 46.1 Å². The van der Waals surface area contributed by atoms with Crippen molar-refractivity contribution in [2.24, 2.45) is 16.3 Å². The molecule has 2 rings (SSSR count). The zero-order chi connectivity index (χ0) is 21.3. The van der Waals surface area contributed by atoms with E-state index in [4.69, 9.17) is 9.73 Å². The average Bonchev–Trinajstić information content (AvgIpc) is 2.70. The molecule has 7 heteroatoms. The number of hydrogen-bond acceptors (Lipinski definition) is 4. The van der Waals surface area contributed by atoms with E-state index in [1.807, 2.05) is 24.3 Å². The number of anilines is 1. The highest BCUT2D eigenvalue weighted by Gasteiger charge is 2.35. The lowest BCUT2D eigenvalue weighted by Gasteiger charge is -2.40. The fourth-order valence-electron chi connectivity index (χ4n) is 3.61. The third kappa shape index (κ3) is 7.57. The molecule has 0 aliphatic carbocycles. The summed E-state index contributed by atoms with van der Waals surface area (Å²) in [6.07, 6.45) is 2.05. The van der Waals surface area contributed by atoms with Crippen LogP contribution in [0, 0.1) is 11.3 Å². The molecule has 0 saturated carbocycles. The summed E-state index contributed by atoms with van der Waals surface area (Å²) in [5.74, 6) is 1.28. The highest BCUT2D eigenvalue weighted by molar-refractivity contribution is 5.84. The van der Waals surface area contributed by atoms with Crippen LogP contribution in [0.4, 0.5) is 10.5 Å². The molecule has 1 saturated heterocycles. The monoisotopic (exact) mass is 404 g/mol. The Morgan fingerprint density at radius 2 is 1.97 bits per heavy atom. The van der Waals surface area contributed by atoms with Crippen molar-refractivity contribution in [3.63, 3.8) is 0 Å². The van der Waals surface area contributed by atoms with Crippen molar-refractivity contribution in [2.45, 2.75) is 53.2 Å². The summed E-state index contributed by atoms with van der Waals surface area (Å²) in [5.41, 5.74) is 1.88. The average molecular weight is 405 g/mol. The smallest absolute Gasteiger partial charge is 0.411 e. The number of hydrogen-bond donors (Lipinski definition) is 3. The summed E-state index contributed by atoms with van der Waals surface area (Å²) in [4.78, 5) is 16.0. The topological polar surface area (TPSA) is 84.0 Å². The molecular formula is C22H36N4O3. The lowest BCUT2D eigenvalue weighted by Crippen LogP contribution is -2.47. The molecule has 3 N–H and O–H groups in total. The van der Waals surface area contributed by atoms with Crippen molar-refractivity contribution >= 4 is 17.7 Å². The third-order valence-electron chi connectivity index (χ3n) is 4.98. The van der Waals surface area contributed by atoms with Gasteiger partial charge in [0, 0.05) is 31.3 Å². The first-order valence-electron chi connectivity index (χ1n) is 10.4. The number of rotatable bonds is 6. The molecule has 0 aromatic heterocycles. The van der Waals surface area contributed by atoms with Gasteiger partial charge < -0.3 is 20.1 Å². The molecule has 7 nitrogen and oxygen atoms in total. The molecule has 1 aliphatic rings. The number of nitrogens with one attached hydrogen (secondary N) is 3. The van der Waals surface area contributed by atoms with Crippen molar-refractivity contribution in [1.29, 1.82) is 0 Å². The summed E-state index contributed by atoms with van der Waals surface area (Å²) in [6, 6.07) is 7.58. The van der Waals surface area contributed by atoms with Crippen LogP contribution in [-0.2, 0) is 16.0 Å². The second kappa shape index (κ2) is 11.0. The van der Waals surface area contributed by atoms with Gasteiger partial charge in [0.15, 0.2) is 5.96 Å². The fourth-order valence-corrected chi connectivity index (χ4v) is 3.61. The minimum Gasteiger partial charge on any atom is -0.453 e. The van der Waals surface area contributed by atoms with E-state index in [0.29, 0.717) is 18.2 Å². The van der Waals surface area contributed by atoms with E-state index in [1.54, 1.807) is 0 Å². The number of amides is 1. The summed E-state index contributed by atoms with van der Waals surface area (Å²) >= 11 is 0. The van der Waals surface area contributed by atoms with E-state index in [0.717, 1.165) is 37.6 Å². The van der Waals surface area contributed by atoms with Gasteiger partial charge in [0.05, 0.1) is 19.8 Å². The molecule has 0 radical (unpaired) electrons. The van der Waals surface area contributed by atoms with Crippen molar-refractivity contribution < 1.29 is 14.3 Å². The van der Waals surface area contributed by atoms with Gasteiger partial charge >= 0.3 is 6.09 Å². The minimum absolute atomic E-state index is 0.127. The molecule has 1 aromatic carbocycles. The van der Waals surface area contributed by atoms with Crippen LogP contribution >= 0.6 is 0 Å². The first kappa shape index (κ1) is 23.0. The quantitative estimate of drug-likeness (QED) is 0.497. The minimum atomic E-state index is -0.477. The Labute approximate surface area is 174 Å². The zero-order valence-corrected chi connectivity index (χ0v) is 18.4. The van der Waals surface area contributed by atoms with Crippen LogP contribution in [-0.4, -0.2) is 45.0 Å². The van der Waals surface area contributed by atoms with Crippen LogP contribution in [0.2, 0.25) is 0 Å². The highest BCUT2D eigenvalue weighted by Crippen LogP contribution is 2.33. The number of methoxy groups -OCH3 is 1. The molecule has 0 spiro atoms. The van der Waals surface area contributed by atoms with Gasteiger partial charge in [-0.15, -0.1) is 0 Å². The molecular weight excluding hydrogens is 368 g/mol. The Morgan fingerprint density at radius 3 is 2.59 bits per heavy atom. The molecule has 1 amide bonds. The molecule has 1 aromatic rings. The zero-order valence-electron chi connectivity index (χ0n) is 18.4. The maximum absolute atomic E-state index is 11.3. The van der Waals surface area contributed by atoms with Gasteiger partial charge in [-0.2, -0.15) is 0 Å². The molecule has 0 bridgehead atoms. The molecule has 162 valence electrons. The van der Waals surface area contributed by atoms with Crippen molar-refractivity contribution in [1.82, 2.24) is 10.6 Å². The van der Waals surface area contributed by atoms with Gasteiger partial charge in [0.1, 0.15) is 0 Å². The number of nitrogens with zero attached hydrogens (tertiary/aromatic N) is 1. The number of benzene rings is 1. The van der Waals surface area contributed by atoms with Gasteiger partial charge in [-0.1, -0.05) is 32.9 Å². The first-order valence-corrected chi connectivity index (χ1v) is 10.4. The molecule has 2 unspecified atom stereocenters. The SMILES string of the molecule is CCNC(=NCc1ccc(NC(=O)OC)cc1)NCC1CCCOC1C(C)(C)C. The first-order chi connectivity index (χ1) is 13.8. The van der Waals surface area contributed by atoms with Crippen LogP contribution in [0.5, 0.6) is 0 Å².